The van der Waals surface area contributed by atoms with Crippen molar-refractivity contribution < 1.29 is 14.7 Å². The monoisotopic (exact) mass is 289 g/mol. The summed E-state index contributed by atoms with van der Waals surface area (Å²) in [5, 5.41) is 12.2. The normalized spacial score (nSPS) is 21.2. The maximum absolute atomic E-state index is 12.3. The molecule has 1 saturated heterocycles. The van der Waals surface area contributed by atoms with E-state index in [4.69, 9.17) is 5.11 Å². The van der Waals surface area contributed by atoms with Gasteiger partial charge in [0, 0.05) is 26.1 Å². The summed E-state index contributed by atoms with van der Waals surface area (Å²) in [6, 6.07) is 4.02. The van der Waals surface area contributed by atoms with Gasteiger partial charge < -0.3 is 20.2 Å². The molecule has 0 aliphatic carbocycles. The van der Waals surface area contributed by atoms with E-state index < -0.39 is 6.09 Å². The van der Waals surface area contributed by atoms with Crippen molar-refractivity contribution >= 4 is 17.7 Å². The molecule has 2 N–H and O–H groups in total. The molecule has 6 heteroatoms. The molecular weight excluding hydrogens is 270 g/mol. The minimum atomic E-state index is -0.901. The van der Waals surface area contributed by atoms with Crippen LogP contribution < -0.4 is 10.2 Å². The van der Waals surface area contributed by atoms with Gasteiger partial charge in [0.15, 0.2) is 0 Å². The summed E-state index contributed by atoms with van der Waals surface area (Å²) in [6.07, 6.45) is -0.429. The lowest BCUT2D eigenvalue weighted by molar-refractivity contribution is 0.0925. The highest BCUT2D eigenvalue weighted by molar-refractivity contribution is 6.03. The first-order valence-electron chi connectivity index (χ1n) is 7.14. The van der Waals surface area contributed by atoms with Crippen LogP contribution in [0.1, 0.15) is 27.9 Å². The molecule has 0 radical (unpaired) electrons. The van der Waals surface area contributed by atoms with E-state index in [1.54, 1.807) is 0 Å². The van der Waals surface area contributed by atoms with Crippen molar-refractivity contribution in [3.05, 3.63) is 28.8 Å². The van der Waals surface area contributed by atoms with Crippen LogP contribution in [0.3, 0.4) is 0 Å². The first kappa shape index (κ1) is 13.7. The molecule has 1 atom stereocenters. The molecule has 6 nitrogen and oxygen atoms in total. The van der Waals surface area contributed by atoms with Crippen molar-refractivity contribution in [2.45, 2.75) is 26.4 Å². The Kier molecular flexibility index (Phi) is 3.23. The average molecular weight is 289 g/mol. The van der Waals surface area contributed by atoms with Gasteiger partial charge in [-0.1, -0.05) is 6.07 Å². The highest BCUT2D eigenvalue weighted by Gasteiger charge is 2.34. The van der Waals surface area contributed by atoms with Gasteiger partial charge in [0.05, 0.1) is 11.3 Å². The molecule has 2 aliphatic rings. The standard InChI is InChI=1S/C15H19N3O3/c1-9-7-10(2)13-11(8-9)18-6-5-17(15(20)21)4-3-12(18)16-14(13)19/h7-8,12H,3-6H2,1-2H3,(H,16,19)(H,20,21). The van der Waals surface area contributed by atoms with E-state index in [0.29, 0.717) is 31.6 Å². The van der Waals surface area contributed by atoms with Crippen LogP contribution in [-0.4, -0.2) is 47.8 Å². The number of amides is 2. The Labute approximate surface area is 123 Å². The van der Waals surface area contributed by atoms with Crippen LogP contribution in [0, 0.1) is 13.8 Å². The van der Waals surface area contributed by atoms with Gasteiger partial charge in [-0.25, -0.2) is 4.79 Å². The summed E-state index contributed by atoms with van der Waals surface area (Å²) >= 11 is 0. The number of nitrogens with one attached hydrogen (secondary N) is 1. The van der Waals surface area contributed by atoms with E-state index in [2.05, 4.69) is 10.2 Å². The first-order valence-corrected chi connectivity index (χ1v) is 7.14. The van der Waals surface area contributed by atoms with Crippen LogP contribution in [0.25, 0.3) is 0 Å². The van der Waals surface area contributed by atoms with Crippen LogP contribution in [-0.2, 0) is 0 Å². The van der Waals surface area contributed by atoms with Crippen molar-refractivity contribution in [1.29, 1.82) is 0 Å². The maximum atomic E-state index is 12.3. The summed E-state index contributed by atoms with van der Waals surface area (Å²) in [4.78, 5) is 27.0. The minimum absolute atomic E-state index is 0.0625. The first-order chi connectivity index (χ1) is 9.97. The molecule has 0 bridgehead atoms. The number of benzene rings is 1. The zero-order valence-electron chi connectivity index (χ0n) is 12.2. The second kappa shape index (κ2) is 4.95. The highest BCUT2D eigenvalue weighted by atomic mass is 16.4. The highest BCUT2D eigenvalue weighted by Crippen LogP contribution is 2.32. The smallest absolute Gasteiger partial charge is 0.407 e. The Morgan fingerprint density at radius 1 is 1.29 bits per heavy atom. The second-order valence-corrected chi connectivity index (χ2v) is 5.72. The quantitative estimate of drug-likeness (QED) is 0.760. The molecule has 2 aliphatic heterocycles. The Hall–Kier alpha value is -2.24. The third-order valence-electron chi connectivity index (χ3n) is 4.22. The number of carboxylic acid groups (broad SMARTS) is 1. The molecule has 0 saturated carbocycles. The fourth-order valence-corrected chi connectivity index (χ4v) is 3.25. The molecule has 3 rings (SSSR count). The molecule has 2 heterocycles. The summed E-state index contributed by atoms with van der Waals surface area (Å²) in [7, 11) is 0. The number of anilines is 1. The number of carbonyl (C=O) groups is 2. The van der Waals surface area contributed by atoms with E-state index in [1.165, 1.54) is 4.90 Å². The van der Waals surface area contributed by atoms with Gasteiger partial charge in [-0.05, 0) is 31.0 Å². The van der Waals surface area contributed by atoms with E-state index in [-0.39, 0.29) is 12.1 Å². The Morgan fingerprint density at radius 3 is 2.76 bits per heavy atom. The molecule has 1 unspecified atom stereocenters. The molecule has 21 heavy (non-hydrogen) atoms. The van der Waals surface area contributed by atoms with E-state index in [0.717, 1.165) is 16.8 Å². The summed E-state index contributed by atoms with van der Waals surface area (Å²) < 4.78 is 0. The Balaban J connectivity index is 2.00. The second-order valence-electron chi connectivity index (χ2n) is 5.72. The number of rotatable bonds is 0. The van der Waals surface area contributed by atoms with Crippen LogP contribution in [0.4, 0.5) is 10.5 Å². The number of fused-ring (bicyclic) bond motifs is 3. The van der Waals surface area contributed by atoms with Crippen LogP contribution >= 0.6 is 0 Å². The predicted octanol–water partition coefficient (Wildman–Crippen LogP) is 1.56. The molecule has 2 amide bonds. The van der Waals surface area contributed by atoms with Gasteiger partial charge in [-0.15, -0.1) is 0 Å². The minimum Gasteiger partial charge on any atom is -0.465 e. The molecule has 0 spiro atoms. The van der Waals surface area contributed by atoms with Crippen LogP contribution in [0.15, 0.2) is 12.1 Å². The zero-order chi connectivity index (χ0) is 15.1. The van der Waals surface area contributed by atoms with Crippen LogP contribution in [0.2, 0.25) is 0 Å². The predicted molar refractivity (Wildman–Crippen MR) is 78.7 cm³/mol. The molecule has 0 aromatic heterocycles. The third kappa shape index (κ3) is 2.30. The van der Waals surface area contributed by atoms with Gasteiger partial charge in [-0.2, -0.15) is 0 Å². The summed E-state index contributed by atoms with van der Waals surface area (Å²) in [6.45, 7) is 5.43. The number of nitrogens with zero attached hydrogens (tertiary/aromatic N) is 2. The summed E-state index contributed by atoms with van der Waals surface area (Å²) in [5.41, 5.74) is 3.70. The molecule has 1 aromatic rings. The number of hydrogen-bond acceptors (Lipinski definition) is 3. The Bertz CT molecular complexity index is 614. The fourth-order valence-electron chi connectivity index (χ4n) is 3.25. The zero-order valence-corrected chi connectivity index (χ0v) is 12.2. The number of carbonyl (C=O) groups excluding carboxylic acids is 1. The van der Waals surface area contributed by atoms with Crippen molar-refractivity contribution in [1.82, 2.24) is 10.2 Å². The van der Waals surface area contributed by atoms with Crippen molar-refractivity contribution in [2.75, 3.05) is 24.5 Å². The SMILES string of the molecule is Cc1cc(C)c2c(c1)N1CCN(C(=O)O)CCC1NC2=O. The van der Waals surface area contributed by atoms with Gasteiger partial charge in [-0.3, -0.25) is 4.79 Å². The van der Waals surface area contributed by atoms with E-state index >= 15 is 0 Å². The van der Waals surface area contributed by atoms with E-state index in [9.17, 15) is 9.59 Å². The number of hydrogen-bond donors (Lipinski definition) is 2. The largest absolute Gasteiger partial charge is 0.465 e. The van der Waals surface area contributed by atoms with Crippen molar-refractivity contribution in [3.63, 3.8) is 0 Å². The average Bonchev–Trinajstić information content (AvgIpc) is 2.60. The van der Waals surface area contributed by atoms with Crippen LogP contribution in [0.5, 0.6) is 0 Å². The van der Waals surface area contributed by atoms with Crippen molar-refractivity contribution in [2.24, 2.45) is 0 Å². The molecule has 1 aromatic carbocycles. The lowest BCUT2D eigenvalue weighted by atomic mass is 9.98. The molecular formula is C15H19N3O3. The molecule has 112 valence electrons. The maximum Gasteiger partial charge on any atom is 0.407 e. The third-order valence-corrected chi connectivity index (χ3v) is 4.22. The van der Waals surface area contributed by atoms with E-state index in [1.807, 2.05) is 26.0 Å². The Morgan fingerprint density at radius 2 is 2.05 bits per heavy atom. The van der Waals surface area contributed by atoms with Gasteiger partial charge >= 0.3 is 6.09 Å². The fraction of sp³-hybridized carbons (Fsp3) is 0.467. The topological polar surface area (TPSA) is 72.9 Å². The lowest BCUT2D eigenvalue weighted by Gasteiger charge is -2.38. The lowest BCUT2D eigenvalue weighted by Crippen LogP contribution is -2.53. The van der Waals surface area contributed by atoms with Gasteiger partial charge in [0.25, 0.3) is 5.91 Å². The molecule has 1 fully saturated rings. The summed E-state index contributed by atoms with van der Waals surface area (Å²) in [5.74, 6) is -0.0625. The van der Waals surface area contributed by atoms with Crippen molar-refractivity contribution in [3.8, 4) is 0 Å². The van der Waals surface area contributed by atoms with Gasteiger partial charge in [0.2, 0.25) is 0 Å². The van der Waals surface area contributed by atoms with Gasteiger partial charge in [0.1, 0.15) is 6.17 Å². The number of aryl methyl sites for hydroxylation is 2.